The molecule has 1 aliphatic carbocycles. The van der Waals surface area contributed by atoms with Crippen LogP contribution in [0.4, 0.5) is 0 Å². The third-order valence-corrected chi connectivity index (χ3v) is 4.70. The summed E-state index contributed by atoms with van der Waals surface area (Å²) in [5.41, 5.74) is 0.451. The molecule has 0 radical (unpaired) electrons. The molecule has 1 aliphatic heterocycles. The molecule has 1 heterocycles. The first-order chi connectivity index (χ1) is 8.74. The van der Waals surface area contributed by atoms with Crippen molar-refractivity contribution in [1.82, 2.24) is 10.2 Å². The maximum absolute atomic E-state index is 5.55. The highest BCUT2D eigenvalue weighted by Gasteiger charge is 2.34. The van der Waals surface area contributed by atoms with Gasteiger partial charge in [-0.05, 0) is 50.6 Å². The summed E-state index contributed by atoms with van der Waals surface area (Å²) >= 11 is 0. The van der Waals surface area contributed by atoms with Crippen molar-refractivity contribution >= 4 is 0 Å². The Bertz CT molecular complexity index is 235. The normalized spacial score (nSPS) is 24.2. The SMILES string of the molecule is CCNCC1(CN(C)CC2CCC2)CCOCC1. The minimum Gasteiger partial charge on any atom is -0.381 e. The molecule has 2 rings (SSSR count). The molecule has 1 saturated heterocycles. The quantitative estimate of drug-likeness (QED) is 0.753. The van der Waals surface area contributed by atoms with Crippen molar-refractivity contribution in [2.45, 2.75) is 39.0 Å². The Hall–Kier alpha value is -0.120. The summed E-state index contributed by atoms with van der Waals surface area (Å²) in [6.45, 7) is 8.86. The van der Waals surface area contributed by atoms with Crippen LogP contribution in [0, 0.1) is 11.3 Å². The zero-order valence-corrected chi connectivity index (χ0v) is 12.2. The molecular formula is C15H30N2O. The molecule has 0 aromatic carbocycles. The van der Waals surface area contributed by atoms with Gasteiger partial charge in [0.2, 0.25) is 0 Å². The predicted molar refractivity (Wildman–Crippen MR) is 75.9 cm³/mol. The lowest BCUT2D eigenvalue weighted by molar-refractivity contribution is -0.00384. The molecule has 3 heteroatoms. The van der Waals surface area contributed by atoms with E-state index in [1.54, 1.807) is 0 Å². The van der Waals surface area contributed by atoms with Crippen LogP contribution in [0.2, 0.25) is 0 Å². The van der Waals surface area contributed by atoms with E-state index in [2.05, 4.69) is 24.2 Å². The van der Waals surface area contributed by atoms with E-state index in [9.17, 15) is 0 Å². The van der Waals surface area contributed by atoms with Crippen molar-refractivity contribution in [2.24, 2.45) is 11.3 Å². The molecule has 0 amide bonds. The first-order valence-corrected chi connectivity index (χ1v) is 7.71. The van der Waals surface area contributed by atoms with Crippen molar-refractivity contribution in [3.8, 4) is 0 Å². The van der Waals surface area contributed by atoms with Crippen LogP contribution in [0.15, 0.2) is 0 Å². The summed E-state index contributed by atoms with van der Waals surface area (Å²) in [5, 5.41) is 3.56. The molecule has 1 N–H and O–H groups in total. The van der Waals surface area contributed by atoms with E-state index in [1.807, 2.05) is 0 Å². The van der Waals surface area contributed by atoms with E-state index < -0.39 is 0 Å². The zero-order chi connectivity index (χ0) is 12.8. The van der Waals surface area contributed by atoms with Gasteiger partial charge in [-0.1, -0.05) is 13.3 Å². The monoisotopic (exact) mass is 254 g/mol. The van der Waals surface area contributed by atoms with Gasteiger partial charge in [-0.15, -0.1) is 0 Å². The standard InChI is InChI=1S/C15H30N2O/c1-3-16-12-15(7-9-18-10-8-15)13-17(2)11-14-5-4-6-14/h14,16H,3-13H2,1-2H3. The molecule has 2 aliphatic rings. The zero-order valence-electron chi connectivity index (χ0n) is 12.2. The molecule has 0 atom stereocenters. The minimum atomic E-state index is 0.451. The van der Waals surface area contributed by atoms with E-state index in [-0.39, 0.29) is 0 Å². The van der Waals surface area contributed by atoms with E-state index in [4.69, 9.17) is 4.74 Å². The molecular weight excluding hydrogens is 224 g/mol. The number of nitrogens with zero attached hydrogens (tertiary/aromatic N) is 1. The topological polar surface area (TPSA) is 24.5 Å². The lowest BCUT2D eigenvalue weighted by Gasteiger charge is -2.41. The van der Waals surface area contributed by atoms with Gasteiger partial charge in [-0.3, -0.25) is 0 Å². The molecule has 18 heavy (non-hydrogen) atoms. The average Bonchev–Trinajstić information content (AvgIpc) is 2.33. The van der Waals surface area contributed by atoms with Gasteiger partial charge in [0, 0.05) is 32.8 Å². The first kappa shape index (κ1) is 14.3. The molecule has 0 bridgehead atoms. The number of rotatable bonds is 7. The second-order valence-corrected chi connectivity index (χ2v) is 6.39. The summed E-state index contributed by atoms with van der Waals surface area (Å²) in [7, 11) is 2.31. The van der Waals surface area contributed by atoms with Crippen LogP contribution in [-0.4, -0.2) is 51.3 Å². The lowest BCUT2D eigenvalue weighted by atomic mass is 9.78. The van der Waals surface area contributed by atoms with Gasteiger partial charge in [0.25, 0.3) is 0 Å². The van der Waals surface area contributed by atoms with Crippen molar-refractivity contribution in [1.29, 1.82) is 0 Å². The van der Waals surface area contributed by atoms with Crippen LogP contribution < -0.4 is 5.32 Å². The number of nitrogens with one attached hydrogen (secondary N) is 1. The number of hydrogen-bond donors (Lipinski definition) is 1. The Morgan fingerprint density at radius 2 is 2.00 bits per heavy atom. The van der Waals surface area contributed by atoms with Crippen LogP contribution in [0.5, 0.6) is 0 Å². The average molecular weight is 254 g/mol. The molecule has 3 nitrogen and oxygen atoms in total. The van der Waals surface area contributed by atoms with Crippen LogP contribution >= 0.6 is 0 Å². The highest BCUT2D eigenvalue weighted by Crippen LogP contribution is 2.32. The maximum atomic E-state index is 5.55. The summed E-state index contributed by atoms with van der Waals surface area (Å²) in [6.07, 6.45) is 6.79. The lowest BCUT2D eigenvalue weighted by Crippen LogP contribution is -2.47. The molecule has 0 unspecified atom stereocenters. The van der Waals surface area contributed by atoms with E-state index >= 15 is 0 Å². The first-order valence-electron chi connectivity index (χ1n) is 7.71. The fourth-order valence-electron chi connectivity index (χ4n) is 3.34. The molecule has 0 aromatic heterocycles. The second kappa shape index (κ2) is 6.88. The minimum absolute atomic E-state index is 0.451. The van der Waals surface area contributed by atoms with Gasteiger partial charge in [0.15, 0.2) is 0 Å². The maximum Gasteiger partial charge on any atom is 0.0472 e. The Morgan fingerprint density at radius 3 is 2.56 bits per heavy atom. The van der Waals surface area contributed by atoms with Gasteiger partial charge in [0.1, 0.15) is 0 Å². The van der Waals surface area contributed by atoms with Crippen LogP contribution in [-0.2, 0) is 4.74 Å². The molecule has 0 aromatic rings. The van der Waals surface area contributed by atoms with Crippen LogP contribution in [0.25, 0.3) is 0 Å². The van der Waals surface area contributed by atoms with Crippen LogP contribution in [0.1, 0.15) is 39.0 Å². The Balaban J connectivity index is 1.82. The highest BCUT2D eigenvalue weighted by molar-refractivity contribution is 4.87. The van der Waals surface area contributed by atoms with Gasteiger partial charge in [0.05, 0.1) is 0 Å². The van der Waals surface area contributed by atoms with Gasteiger partial charge < -0.3 is 15.0 Å². The van der Waals surface area contributed by atoms with E-state index in [1.165, 1.54) is 45.2 Å². The smallest absolute Gasteiger partial charge is 0.0472 e. The van der Waals surface area contributed by atoms with Crippen LogP contribution in [0.3, 0.4) is 0 Å². The number of hydrogen-bond acceptors (Lipinski definition) is 3. The van der Waals surface area contributed by atoms with Gasteiger partial charge >= 0.3 is 0 Å². The Morgan fingerprint density at radius 1 is 1.28 bits per heavy atom. The number of ether oxygens (including phenoxy) is 1. The molecule has 1 saturated carbocycles. The fraction of sp³-hybridized carbons (Fsp3) is 1.00. The summed E-state index contributed by atoms with van der Waals surface area (Å²) < 4.78 is 5.55. The summed E-state index contributed by atoms with van der Waals surface area (Å²) in [5.74, 6) is 0.978. The van der Waals surface area contributed by atoms with E-state index in [0.717, 1.165) is 32.2 Å². The van der Waals surface area contributed by atoms with Crippen molar-refractivity contribution in [3.05, 3.63) is 0 Å². The Kier molecular flexibility index (Phi) is 5.46. The van der Waals surface area contributed by atoms with Crippen molar-refractivity contribution < 1.29 is 4.74 Å². The second-order valence-electron chi connectivity index (χ2n) is 6.39. The van der Waals surface area contributed by atoms with Crippen molar-refractivity contribution in [3.63, 3.8) is 0 Å². The fourth-order valence-corrected chi connectivity index (χ4v) is 3.34. The molecule has 2 fully saturated rings. The summed E-state index contributed by atoms with van der Waals surface area (Å²) in [6, 6.07) is 0. The van der Waals surface area contributed by atoms with Gasteiger partial charge in [-0.2, -0.15) is 0 Å². The molecule has 0 spiro atoms. The third-order valence-electron chi connectivity index (χ3n) is 4.70. The largest absolute Gasteiger partial charge is 0.381 e. The van der Waals surface area contributed by atoms with Gasteiger partial charge in [-0.25, -0.2) is 0 Å². The summed E-state index contributed by atoms with van der Waals surface area (Å²) in [4.78, 5) is 2.58. The van der Waals surface area contributed by atoms with E-state index in [0.29, 0.717) is 5.41 Å². The van der Waals surface area contributed by atoms with Crippen molar-refractivity contribution in [2.75, 3.05) is 46.4 Å². The predicted octanol–water partition coefficient (Wildman–Crippen LogP) is 2.12. The third kappa shape index (κ3) is 3.94. The molecule has 106 valence electrons. The Labute approximate surface area is 112 Å². The highest BCUT2D eigenvalue weighted by atomic mass is 16.5.